The van der Waals surface area contributed by atoms with E-state index in [-0.39, 0.29) is 47.6 Å². The molecule has 9 heteroatoms. The first-order valence-corrected chi connectivity index (χ1v) is 26.1. The van der Waals surface area contributed by atoms with Gasteiger partial charge in [0.25, 0.3) is 0 Å². The zero-order valence-electron chi connectivity index (χ0n) is 43.3. The minimum atomic E-state index is -1.28. The Bertz CT molecular complexity index is 1220. The SMILES string of the molecule is CCCCCCCCCCCCCOC(=O)CC(C(=O)OCCCCCCCCCCCCC)C(CC(=O)OC(CC(C)(C)C)CC(C)(C)C)C(=O)OC1CC(C)(C)NC(C)(C)C1. The molecule has 1 N–H and O–H groups in total. The molecule has 0 amide bonds. The number of hydrogen-bond acceptors (Lipinski definition) is 9. The van der Waals surface area contributed by atoms with Crippen molar-refractivity contribution < 1.29 is 38.1 Å². The lowest BCUT2D eigenvalue weighted by atomic mass is 9.80. The van der Waals surface area contributed by atoms with Crippen molar-refractivity contribution in [3.63, 3.8) is 0 Å². The lowest BCUT2D eigenvalue weighted by Gasteiger charge is -2.46. The fourth-order valence-electron chi connectivity index (χ4n) is 9.52. The minimum absolute atomic E-state index is 0.110. The van der Waals surface area contributed by atoms with Crippen LogP contribution in [0, 0.1) is 22.7 Å². The van der Waals surface area contributed by atoms with E-state index in [9.17, 15) is 19.2 Å². The van der Waals surface area contributed by atoms with Gasteiger partial charge in [-0.05, 0) is 64.2 Å². The van der Waals surface area contributed by atoms with Gasteiger partial charge in [0.1, 0.15) is 12.2 Å². The molecule has 0 saturated carbocycles. The third kappa shape index (κ3) is 31.4. The molecule has 0 spiro atoms. The molecular formula is C54H101NO8. The van der Waals surface area contributed by atoms with Crippen molar-refractivity contribution in [1.82, 2.24) is 5.32 Å². The summed E-state index contributed by atoms with van der Waals surface area (Å²) in [5.41, 5.74) is -0.832. The van der Waals surface area contributed by atoms with Crippen molar-refractivity contribution in [3.05, 3.63) is 0 Å². The first-order chi connectivity index (χ1) is 29.6. The highest BCUT2D eigenvalue weighted by molar-refractivity contribution is 5.88. The fourth-order valence-corrected chi connectivity index (χ4v) is 9.52. The van der Waals surface area contributed by atoms with Crippen LogP contribution < -0.4 is 5.32 Å². The number of hydrogen-bond donors (Lipinski definition) is 1. The van der Waals surface area contributed by atoms with Crippen molar-refractivity contribution in [1.29, 1.82) is 0 Å². The molecule has 0 aliphatic carbocycles. The van der Waals surface area contributed by atoms with E-state index in [1.165, 1.54) is 96.3 Å². The Morgan fingerprint density at radius 1 is 0.508 bits per heavy atom. The van der Waals surface area contributed by atoms with Gasteiger partial charge in [-0.15, -0.1) is 0 Å². The monoisotopic (exact) mass is 892 g/mol. The summed E-state index contributed by atoms with van der Waals surface area (Å²) in [6, 6.07) is 0. The molecule has 63 heavy (non-hydrogen) atoms. The number of carbonyl (C=O) groups excluding carboxylic acids is 4. The molecule has 0 aromatic heterocycles. The lowest BCUT2D eigenvalue weighted by Crippen LogP contribution is -2.60. The molecule has 1 rings (SSSR count). The minimum Gasteiger partial charge on any atom is -0.466 e. The van der Waals surface area contributed by atoms with Crippen LogP contribution in [0.5, 0.6) is 0 Å². The molecule has 9 nitrogen and oxygen atoms in total. The zero-order valence-corrected chi connectivity index (χ0v) is 43.3. The maximum absolute atomic E-state index is 14.5. The van der Waals surface area contributed by atoms with Gasteiger partial charge in [-0.2, -0.15) is 0 Å². The first kappa shape index (κ1) is 58.9. The van der Waals surface area contributed by atoms with Gasteiger partial charge in [-0.25, -0.2) is 0 Å². The number of carbonyl (C=O) groups is 4. The van der Waals surface area contributed by atoms with E-state index in [4.69, 9.17) is 18.9 Å². The summed E-state index contributed by atoms with van der Waals surface area (Å²) in [5.74, 6) is -5.04. The summed E-state index contributed by atoms with van der Waals surface area (Å²) >= 11 is 0. The lowest BCUT2D eigenvalue weighted by molar-refractivity contribution is -0.173. The van der Waals surface area contributed by atoms with Gasteiger partial charge >= 0.3 is 23.9 Å². The molecule has 0 aromatic rings. The predicted octanol–water partition coefficient (Wildman–Crippen LogP) is 14.3. The maximum Gasteiger partial charge on any atom is 0.310 e. The zero-order chi connectivity index (χ0) is 47.4. The Morgan fingerprint density at radius 2 is 0.857 bits per heavy atom. The van der Waals surface area contributed by atoms with Crippen molar-refractivity contribution in [2.75, 3.05) is 13.2 Å². The third-order valence-corrected chi connectivity index (χ3v) is 12.3. The third-order valence-electron chi connectivity index (χ3n) is 12.3. The van der Waals surface area contributed by atoms with Gasteiger partial charge in [0.2, 0.25) is 0 Å². The van der Waals surface area contributed by atoms with Crippen LogP contribution in [0.1, 0.15) is 263 Å². The number of piperidine rings is 1. The van der Waals surface area contributed by atoms with E-state index in [1.807, 2.05) is 0 Å². The predicted molar refractivity (Wildman–Crippen MR) is 259 cm³/mol. The van der Waals surface area contributed by atoms with Crippen LogP contribution in [-0.2, 0) is 38.1 Å². The van der Waals surface area contributed by atoms with E-state index in [0.29, 0.717) is 32.1 Å². The summed E-state index contributed by atoms with van der Waals surface area (Å²) in [5, 5.41) is 3.63. The molecule has 370 valence electrons. The average molecular weight is 892 g/mol. The Kier molecular flexibility index (Phi) is 29.6. The largest absolute Gasteiger partial charge is 0.466 e. The number of ether oxygens (including phenoxy) is 4. The second-order valence-corrected chi connectivity index (χ2v) is 23.1. The van der Waals surface area contributed by atoms with Crippen molar-refractivity contribution in [3.8, 4) is 0 Å². The molecule has 1 fully saturated rings. The summed E-state index contributed by atoms with van der Waals surface area (Å²) in [7, 11) is 0. The van der Waals surface area contributed by atoms with Crippen LogP contribution in [0.4, 0.5) is 0 Å². The van der Waals surface area contributed by atoms with Crippen molar-refractivity contribution in [2.24, 2.45) is 22.7 Å². The number of rotatable bonds is 35. The average Bonchev–Trinajstić information content (AvgIpc) is 3.14. The van der Waals surface area contributed by atoms with E-state index in [0.717, 1.165) is 38.5 Å². The Balaban J connectivity index is 3.18. The van der Waals surface area contributed by atoms with Gasteiger partial charge in [0, 0.05) is 23.9 Å². The summed E-state index contributed by atoms with van der Waals surface area (Å²) in [6.07, 6.45) is 26.6. The van der Waals surface area contributed by atoms with Crippen molar-refractivity contribution in [2.45, 2.75) is 286 Å². The van der Waals surface area contributed by atoms with Crippen LogP contribution in [0.3, 0.4) is 0 Å². The number of esters is 4. The highest BCUT2D eigenvalue weighted by atomic mass is 16.6. The Morgan fingerprint density at radius 3 is 1.25 bits per heavy atom. The van der Waals surface area contributed by atoms with E-state index in [1.54, 1.807) is 0 Å². The molecule has 0 bridgehead atoms. The highest BCUT2D eigenvalue weighted by Crippen LogP contribution is 2.35. The summed E-state index contributed by atoms with van der Waals surface area (Å²) < 4.78 is 24.0. The second kappa shape index (κ2) is 31.7. The van der Waals surface area contributed by atoms with E-state index >= 15 is 0 Å². The Labute approximate surface area is 388 Å². The molecule has 2 unspecified atom stereocenters. The van der Waals surface area contributed by atoms with Crippen LogP contribution in [0.15, 0.2) is 0 Å². The maximum atomic E-state index is 14.5. The van der Waals surface area contributed by atoms with Crippen LogP contribution in [0.25, 0.3) is 0 Å². The van der Waals surface area contributed by atoms with Crippen LogP contribution in [0.2, 0.25) is 0 Å². The van der Waals surface area contributed by atoms with Crippen LogP contribution >= 0.6 is 0 Å². The van der Waals surface area contributed by atoms with Gasteiger partial charge in [-0.3, -0.25) is 19.2 Å². The molecule has 0 aromatic carbocycles. The molecular weight excluding hydrogens is 791 g/mol. The van der Waals surface area contributed by atoms with E-state index in [2.05, 4.69) is 88.4 Å². The topological polar surface area (TPSA) is 117 Å². The molecule has 1 aliphatic rings. The summed E-state index contributed by atoms with van der Waals surface area (Å²) in [4.78, 5) is 56.2. The van der Waals surface area contributed by atoms with Gasteiger partial charge in [0.15, 0.2) is 0 Å². The molecule has 2 atom stereocenters. The number of nitrogens with one attached hydrogen (secondary N) is 1. The van der Waals surface area contributed by atoms with Crippen molar-refractivity contribution >= 4 is 23.9 Å². The molecule has 1 aliphatic heterocycles. The smallest absolute Gasteiger partial charge is 0.310 e. The van der Waals surface area contributed by atoms with Gasteiger partial charge < -0.3 is 24.3 Å². The number of unbranched alkanes of at least 4 members (excludes halogenated alkanes) is 20. The molecule has 0 radical (unpaired) electrons. The standard InChI is InChI=1S/C54H101NO8/c1-13-15-17-19-21-23-25-27-29-31-33-35-60-47(56)37-45(49(58)61-36-34-32-30-28-26-24-22-20-18-16-14-2)46(50(59)63-44-41-53(9,10)55-54(11,12)42-44)38-48(57)62-43(39-51(3,4)5)40-52(6,7)8/h43-46,55H,13-42H2,1-12H3. The quantitative estimate of drug-likeness (QED) is 0.0377. The fraction of sp³-hybridized carbons (Fsp3) is 0.926. The van der Waals surface area contributed by atoms with E-state index < -0.39 is 48.2 Å². The highest BCUT2D eigenvalue weighted by Gasteiger charge is 2.44. The van der Waals surface area contributed by atoms with Gasteiger partial charge in [0.05, 0.1) is 37.9 Å². The Hall–Kier alpha value is -2.16. The van der Waals surface area contributed by atoms with Gasteiger partial charge in [-0.1, -0.05) is 184 Å². The molecule has 1 saturated heterocycles. The normalized spacial score (nSPS) is 16.4. The molecule has 1 heterocycles. The second-order valence-electron chi connectivity index (χ2n) is 23.1. The van der Waals surface area contributed by atoms with Crippen LogP contribution in [-0.4, -0.2) is 60.4 Å². The summed E-state index contributed by atoms with van der Waals surface area (Å²) in [6.45, 7) is 25.9. The first-order valence-electron chi connectivity index (χ1n) is 26.1.